The van der Waals surface area contributed by atoms with Gasteiger partial charge in [0, 0.05) is 24.0 Å². The van der Waals surface area contributed by atoms with E-state index in [9.17, 15) is 0 Å². The van der Waals surface area contributed by atoms with Crippen LogP contribution in [0.25, 0.3) is 21.9 Å². The molecule has 2 aromatic heterocycles. The number of rotatable bonds is 0. The maximum atomic E-state index is 4.41. The molecule has 0 saturated carbocycles. The zero-order chi connectivity index (χ0) is 10.4. The molecular weight excluding hydrogens is 184 g/mol. The van der Waals surface area contributed by atoms with Gasteiger partial charge in [0.2, 0.25) is 0 Å². The van der Waals surface area contributed by atoms with Gasteiger partial charge < -0.3 is 4.57 Å². The Morgan fingerprint density at radius 1 is 1.13 bits per heavy atom. The lowest BCUT2D eigenvalue weighted by atomic mass is 10.1. The molecule has 0 spiro atoms. The van der Waals surface area contributed by atoms with Crippen molar-refractivity contribution in [2.75, 3.05) is 0 Å². The van der Waals surface area contributed by atoms with E-state index in [1.807, 2.05) is 12.3 Å². The van der Waals surface area contributed by atoms with Gasteiger partial charge in [-0.15, -0.1) is 0 Å². The quantitative estimate of drug-likeness (QED) is 0.540. The molecule has 2 nitrogen and oxygen atoms in total. The van der Waals surface area contributed by atoms with Gasteiger partial charge >= 0.3 is 0 Å². The van der Waals surface area contributed by atoms with Crippen LogP contribution in [0.3, 0.4) is 0 Å². The molecule has 74 valence electrons. The molecule has 0 saturated heterocycles. The minimum atomic E-state index is 1.05. The monoisotopic (exact) mass is 196 g/mol. The molecule has 2 heterocycles. The minimum absolute atomic E-state index is 1.05. The highest BCUT2D eigenvalue weighted by Gasteiger charge is 2.07. The predicted octanol–water partition coefficient (Wildman–Crippen LogP) is 3.03. The molecule has 1 aromatic carbocycles. The molecule has 0 radical (unpaired) electrons. The van der Waals surface area contributed by atoms with Crippen LogP contribution < -0.4 is 0 Å². The fourth-order valence-corrected chi connectivity index (χ4v) is 2.14. The summed E-state index contributed by atoms with van der Waals surface area (Å²) in [6, 6.07) is 10.6. The molecule has 0 amide bonds. The third kappa shape index (κ3) is 1.08. The maximum absolute atomic E-state index is 4.41. The smallest absolute Gasteiger partial charge is 0.140 e. The maximum Gasteiger partial charge on any atom is 0.140 e. The molecule has 15 heavy (non-hydrogen) atoms. The Kier molecular flexibility index (Phi) is 1.60. The number of nitrogens with zero attached hydrogens (tertiary/aromatic N) is 2. The summed E-state index contributed by atoms with van der Waals surface area (Å²) in [6.45, 7) is 2.12. The van der Waals surface area contributed by atoms with Crippen molar-refractivity contribution in [2.45, 2.75) is 6.92 Å². The fourth-order valence-electron chi connectivity index (χ4n) is 2.14. The van der Waals surface area contributed by atoms with Crippen LogP contribution in [-0.4, -0.2) is 9.55 Å². The summed E-state index contributed by atoms with van der Waals surface area (Å²) in [5.74, 6) is 0. The van der Waals surface area contributed by atoms with Gasteiger partial charge in [0.25, 0.3) is 0 Å². The van der Waals surface area contributed by atoms with Crippen LogP contribution in [0.2, 0.25) is 0 Å². The van der Waals surface area contributed by atoms with Crippen molar-refractivity contribution in [1.29, 1.82) is 0 Å². The second-order valence-corrected chi connectivity index (χ2v) is 3.95. The van der Waals surface area contributed by atoms with Crippen LogP contribution in [0.1, 0.15) is 5.56 Å². The van der Waals surface area contributed by atoms with Crippen LogP contribution in [-0.2, 0) is 7.05 Å². The summed E-state index contributed by atoms with van der Waals surface area (Å²) >= 11 is 0. The van der Waals surface area contributed by atoms with E-state index in [2.05, 4.69) is 47.8 Å². The molecule has 0 aliphatic rings. The minimum Gasteiger partial charge on any atom is -0.328 e. The molecule has 0 fully saturated rings. The molecule has 0 aliphatic heterocycles. The zero-order valence-electron chi connectivity index (χ0n) is 8.86. The van der Waals surface area contributed by atoms with Gasteiger partial charge in [-0.1, -0.05) is 12.1 Å². The van der Waals surface area contributed by atoms with E-state index in [-0.39, 0.29) is 0 Å². The van der Waals surface area contributed by atoms with E-state index in [1.54, 1.807) is 0 Å². The third-order valence-corrected chi connectivity index (χ3v) is 2.91. The Bertz CT molecular complexity index is 650. The standard InChI is InChI=1S/C13H12N2/c1-9-5-6-10-11-4-3-7-14-13(11)15(2)12(10)8-9/h3-8H,1-2H3. The lowest BCUT2D eigenvalue weighted by Crippen LogP contribution is -1.88. The van der Waals surface area contributed by atoms with E-state index in [0.29, 0.717) is 0 Å². The average molecular weight is 196 g/mol. The Morgan fingerprint density at radius 3 is 2.87 bits per heavy atom. The normalized spacial score (nSPS) is 11.3. The SMILES string of the molecule is Cc1ccc2c3cccnc3n(C)c2c1. The number of hydrogen-bond donors (Lipinski definition) is 0. The van der Waals surface area contributed by atoms with E-state index in [0.717, 1.165) is 5.65 Å². The second-order valence-electron chi connectivity index (χ2n) is 3.95. The highest BCUT2D eigenvalue weighted by atomic mass is 15.0. The molecular formula is C13H12N2. The van der Waals surface area contributed by atoms with Crippen LogP contribution in [0.4, 0.5) is 0 Å². The van der Waals surface area contributed by atoms with Crippen molar-refractivity contribution in [3.8, 4) is 0 Å². The van der Waals surface area contributed by atoms with E-state index < -0.39 is 0 Å². The first-order chi connectivity index (χ1) is 7.27. The molecule has 0 unspecified atom stereocenters. The second kappa shape index (κ2) is 2.83. The van der Waals surface area contributed by atoms with Gasteiger partial charge in [-0.3, -0.25) is 0 Å². The summed E-state index contributed by atoms with van der Waals surface area (Å²) in [7, 11) is 2.07. The Morgan fingerprint density at radius 2 is 2.00 bits per heavy atom. The van der Waals surface area contributed by atoms with Gasteiger partial charge in [-0.2, -0.15) is 0 Å². The lowest BCUT2D eigenvalue weighted by Gasteiger charge is -1.97. The van der Waals surface area contributed by atoms with Crippen LogP contribution in [0, 0.1) is 6.92 Å². The molecule has 3 rings (SSSR count). The highest BCUT2D eigenvalue weighted by molar-refractivity contribution is 6.06. The van der Waals surface area contributed by atoms with E-state index in [1.165, 1.54) is 21.9 Å². The first-order valence-electron chi connectivity index (χ1n) is 5.07. The van der Waals surface area contributed by atoms with E-state index in [4.69, 9.17) is 0 Å². The van der Waals surface area contributed by atoms with Crippen molar-refractivity contribution in [2.24, 2.45) is 7.05 Å². The number of aryl methyl sites for hydroxylation is 2. The first-order valence-corrected chi connectivity index (χ1v) is 5.07. The highest BCUT2D eigenvalue weighted by Crippen LogP contribution is 2.26. The zero-order valence-corrected chi connectivity index (χ0v) is 8.86. The Labute approximate surface area is 88.2 Å². The molecule has 0 N–H and O–H groups in total. The average Bonchev–Trinajstić information content (AvgIpc) is 2.54. The molecule has 0 bridgehead atoms. The molecule has 3 aromatic rings. The number of hydrogen-bond acceptors (Lipinski definition) is 1. The number of pyridine rings is 1. The Balaban J connectivity index is 2.63. The summed E-state index contributed by atoms with van der Waals surface area (Å²) in [5.41, 5.74) is 3.59. The largest absolute Gasteiger partial charge is 0.328 e. The summed E-state index contributed by atoms with van der Waals surface area (Å²) in [6.07, 6.45) is 1.84. The number of benzene rings is 1. The first kappa shape index (κ1) is 8.48. The van der Waals surface area contributed by atoms with Crippen molar-refractivity contribution in [1.82, 2.24) is 9.55 Å². The fraction of sp³-hybridized carbons (Fsp3) is 0.154. The lowest BCUT2D eigenvalue weighted by molar-refractivity contribution is 0.989. The number of aromatic nitrogens is 2. The van der Waals surface area contributed by atoms with Gasteiger partial charge in [0.15, 0.2) is 0 Å². The molecule has 2 heteroatoms. The molecule has 0 atom stereocenters. The van der Waals surface area contributed by atoms with Crippen molar-refractivity contribution >= 4 is 21.9 Å². The topological polar surface area (TPSA) is 17.8 Å². The van der Waals surface area contributed by atoms with Crippen LogP contribution in [0.15, 0.2) is 36.5 Å². The van der Waals surface area contributed by atoms with Crippen LogP contribution in [0.5, 0.6) is 0 Å². The third-order valence-electron chi connectivity index (χ3n) is 2.91. The van der Waals surface area contributed by atoms with Crippen molar-refractivity contribution < 1.29 is 0 Å². The van der Waals surface area contributed by atoms with Crippen LogP contribution >= 0.6 is 0 Å². The molecule has 0 aliphatic carbocycles. The number of fused-ring (bicyclic) bond motifs is 3. The van der Waals surface area contributed by atoms with Crippen molar-refractivity contribution in [3.63, 3.8) is 0 Å². The van der Waals surface area contributed by atoms with Gasteiger partial charge in [0.1, 0.15) is 5.65 Å². The van der Waals surface area contributed by atoms with E-state index >= 15 is 0 Å². The van der Waals surface area contributed by atoms with Crippen molar-refractivity contribution in [3.05, 3.63) is 42.1 Å². The van der Waals surface area contributed by atoms with Gasteiger partial charge in [-0.05, 0) is 30.7 Å². The Hall–Kier alpha value is -1.83. The summed E-state index contributed by atoms with van der Waals surface area (Å²) in [4.78, 5) is 4.41. The van der Waals surface area contributed by atoms with Gasteiger partial charge in [-0.25, -0.2) is 4.98 Å². The van der Waals surface area contributed by atoms with Gasteiger partial charge in [0.05, 0.1) is 5.52 Å². The predicted molar refractivity (Wildman–Crippen MR) is 63.0 cm³/mol. The summed E-state index contributed by atoms with van der Waals surface area (Å²) in [5, 5.41) is 2.52. The summed E-state index contributed by atoms with van der Waals surface area (Å²) < 4.78 is 2.15.